The Balaban J connectivity index is 0.00000243. The van der Waals surface area contributed by atoms with E-state index >= 15 is 0 Å². The summed E-state index contributed by atoms with van der Waals surface area (Å²) >= 11 is 0. The van der Waals surface area contributed by atoms with Gasteiger partial charge in [0.25, 0.3) is 0 Å². The van der Waals surface area contributed by atoms with Gasteiger partial charge in [0, 0.05) is 37.9 Å². The van der Waals surface area contributed by atoms with Crippen LogP contribution in [0.3, 0.4) is 0 Å². The van der Waals surface area contributed by atoms with E-state index in [1.807, 2.05) is 0 Å². The summed E-state index contributed by atoms with van der Waals surface area (Å²) in [4.78, 5) is 9.61. The summed E-state index contributed by atoms with van der Waals surface area (Å²) in [6.07, 6.45) is 3.66. The molecule has 0 amide bonds. The third-order valence-corrected chi connectivity index (χ3v) is 5.60. The summed E-state index contributed by atoms with van der Waals surface area (Å²) in [5.41, 5.74) is 10.2. The van der Waals surface area contributed by atoms with Gasteiger partial charge in [-0.3, -0.25) is 9.89 Å². The SMILES string of the molecule is CC(C)C(CN=C(N)Nc1ccc2c(c1)CCC2)N1CCN(C)CC1.I. The minimum absolute atomic E-state index is 0. The number of fused-ring (bicyclic) bond motifs is 1. The van der Waals surface area contributed by atoms with Crippen LogP contribution in [0.1, 0.15) is 31.4 Å². The zero-order chi connectivity index (χ0) is 17.8. The number of piperazine rings is 1. The first-order valence-electron chi connectivity index (χ1n) is 9.64. The molecule has 1 aromatic carbocycles. The molecule has 26 heavy (non-hydrogen) atoms. The average Bonchev–Trinajstić information content (AvgIpc) is 3.04. The summed E-state index contributed by atoms with van der Waals surface area (Å²) in [6.45, 7) is 9.82. The van der Waals surface area contributed by atoms with Gasteiger partial charge in [-0.15, -0.1) is 24.0 Å². The van der Waals surface area contributed by atoms with Crippen molar-refractivity contribution in [2.45, 2.75) is 39.2 Å². The monoisotopic (exact) mass is 471 g/mol. The molecule has 146 valence electrons. The molecule has 1 aliphatic carbocycles. The predicted molar refractivity (Wildman–Crippen MR) is 122 cm³/mol. The Morgan fingerprint density at radius 3 is 2.54 bits per heavy atom. The molecule has 6 heteroatoms. The Bertz CT molecular complexity index is 608. The quantitative estimate of drug-likeness (QED) is 0.394. The molecule has 1 unspecified atom stereocenters. The highest BCUT2D eigenvalue weighted by Gasteiger charge is 2.24. The minimum atomic E-state index is 0. The zero-order valence-corrected chi connectivity index (χ0v) is 18.7. The van der Waals surface area contributed by atoms with E-state index < -0.39 is 0 Å². The van der Waals surface area contributed by atoms with E-state index in [-0.39, 0.29) is 24.0 Å². The number of hydrogen-bond acceptors (Lipinski definition) is 3. The molecule has 0 radical (unpaired) electrons. The highest BCUT2D eigenvalue weighted by atomic mass is 127. The lowest BCUT2D eigenvalue weighted by atomic mass is 10.0. The highest BCUT2D eigenvalue weighted by Crippen LogP contribution is 2.24. The lowest BCUT2D eigenvalue weighted by Crippen LogP contribution is -2.51. The number of nitrogens with zero attached hydrogens (tertiary/aromatic N) is 3. The lowest BCUT2D eigenvalue weighted by Gasteiger charge is -2.39. The van der Waals surface area contributed by atoms with Crippen LogP contribution in [0.4, 0.5) is 5.69 Å². The van der Waals surface area contributed by atoms with Crippen molar-refractivity contribution in [3.05, 3.63) is 29.3 Å². The predicted octanol–water partition coefficient (Wildman–Crippen LogP) is 2.79. The molecule has 1 atom stereocenters. The van der Waals surface area contributed by atoms with Crippen molar-refractivity contribution in [1.82, 2.24) is 9.80 Å². The number of rotatable bonds is 5. The number of likely N-dealkylation sites (N-methyl/N-ethyl adjacent to an activating group) is 1. The van der Waals surface area contributed by atoms with E-state index in [9.17, 15) is 0 Å². The molecule has 0 bridgehead atoms. The number of halogens is 1. The van der Waals surface area contributed by atoms with Crippen LogP contribution in [0.25, 0.3) is 0 Å². The molecule has 0 spiro atoms. The summed E-state index contributed by atoms with van der Waals surface area (Å²) in [6, 6.07) is 7.02. The molecule has 0 aromatic heterocycles. The van der Waals surface area contributed by atoms with Gasteiger partial charge in [-0.05, 0) is 55.5 Å². The van der Waals surface area contributed by atoms with Gasteiger partial charge in [-0.1, -0.05) is 19.9 Å². The molecule has 0 saturated carbocycles. The van der Waals surface area contributed by atoms with Gasteiger partial charge in [0.05, 0.1) is 6.54 Å². The minimum Gasteiger partial charge on any atom is -0.370 e. The molecule has 1 heterocycles. The molecule has 1 fully saturated rings. The maximum Gasteiger partial charge on any atom is 0.193 e. The Morgan fingerprint density at radius 1 is 1.15 bits per heavy atom. The van der Waals surface area contributed by atoms with Crippen LogP contribution in [0.15, 0.2) is 23.2 Å². The van der Waals surface area contributed by atoms with Crippen LogP contribution < -0.4 is 11.1 Å². The number of nitrogens with two attached hydrogens (primary N) is 1. The first-order chi connectivity index (χ1) is 12.0. The number of anilines is 1. The zero-order valence-electron chi connectivity index (χ0n) is 16.4. The molecular formula is C20H34IN5. The molecule has 3 rings (SSSR count). The second-order valence-corrected chi connectivity index (χ2v) is 7.84. The van der Waals surface area contributed by atoms with Gasteiger partial charge in [0.15, 0.2) is 5.96 Å². The number of benzene rings is 1. The van der Waals surface area contributed by atoms with Gasteiger partial charge in [0.1, 0.15) is 0 Å². The van der Waals surface area contributed by atoms with Crippen LogP contribution in [-0.4, -0.2) is 61.6 Å². The van der Waals surface area contributed by atoms with Crippen molar-refractivity contribution in [2.75, 3.05) is 45.1 Å². The maximum atomic E-state index is 6.16. The third-order valence-electron chi connectivity index (χ3n) is 5.60. The van der Waals surface area contributed by atoms with Crippen LogP contribution in [0, 0.1) is 5.92 Å². The van der Waals surface area contributed by atoms with E-state index in [2.05, 4.69) is 59.2 Å². The Labute approximate surface area is 175 Å². The van der Waals surface area contributed by atoms with Crippen LogP contribution >= 0.6 is 24.0 Å². The summed E-state index contributed by atoms with van der Waals surface area (Å²) in [7, 11) is 2.19. The van der Waals surface area contributed by atoms with Crippen LogP contribution in [-0.2, 0) is 12.8 Å². The second kappa shape index (κ2) is 9.90. The molecule has 3 N–H and O–H groups in total. The molecule has 2 aliphatic rings. The van der Waals surface area contributed by atoms with Gasteiger partial charge in [-0.25, -0.2) is 0 Å². The van der Waals surface area contributed by atoms with E-state index in [4.69, 9.17) is 5.73 Å². The number of aryl methyl sites for hydroxylation is 2. The van der Waals surface area contributed by atoms with Crippen molar-refractivity contribution in [3.8, 4) is 0 Å². The molecular weight excluding hydrogens is 437 g/mol. The van der Waals surface area contributed by atoms with Gasteiger partial charge in [0.2, 0.25) is 0 Å². The smallest absolute Gasteiger partial charge is 0.193 e. The second-order valence-electron chi connectivity index (χ2n) is 7.84. The van der Waals surface area contributed by atoms with Gasteiger partial charge in [-0.2, -0.15) is 0 Å². The number of guanidine groups is 1. The molecule has 1 saturated heterocycles. The van der Waals surface area contributed by atoms with E-state index in [1.165, 1.54) is 30.4 Å². The Hall–Kier alpha value is -0.860. The van der Waals surface area contributed by atoms with Crippen LogP contribution in [0.5, 0.6) is 0 Å². The summed E-state index contributed by atoms with van der Waals surface area (Å²) < 4.78 is 0. The third kappa shape index (κ3) is 5.57. The summed E-state index contributed by atoms with van der Waals surface area (Å²) in [5, 5.41) is 3.28. The molecule has 1 aliphatic heterocycles. The van der Waals surface area contributed by atoms with Crippen LogP contribution in [0.2, 0.25) is 0 Å². The fourth-order valence-electron chi connectivity index (χ4n) is 3.93. The van der Waals surface area contributed by atoms with Crippen molar-refractivity contribution < 1.29 is 0 Å². The Morgan fingerprint density at radius 2 is 1.85 bits per heavy atom. The lowest BCUT2D eigenvalue weighted by molar-refractivity contribution is 0.0926. The standard InChI is InChI=1S/C20H33N5.HI/c1-15(2)19(25-11-9-24(3)10-12-25)14-22-20(21)23-18-8-7-16-5-4-6-17(16)13-18;/h7-8,13,15,19H,4-6,9-12,14H2,1-3H3,(H3,21,22,23);1H. The first-order valence-corrected chi connectivity index (χ1v) is 9.64. The number of aliphatic imine (C=N–C) groups is 1. The number of hydrogen-bond donors (Lipinski definition) is 2. The molecule has 5 nitrogen and oxygen atoms in total. The normalized spacial score (nSPS) is 19.9. The van der Waals surface area contributed by atoms with Crippen molar-refractivity contribution >= 4 is 35.6 Å². The van der Waals surface area contributed by atoms with Gasteiger partial charge < -0.3 is 16.0 Å². The topological polar surface area (TPSA) is 56.9 Å². The van der Waals surface area contributed by atoms with Crippen molar-refractivity contribution in [1.29, 1.82) is 0 Å². The van der Waals surface area contributed by atoms with Crippen molar-refractivity contribution in [2.24, 2.45) is 16.6 Å². The molecule has 1 aromatic rings. The fourth-order valence-corrected chi connectivity index (χ4v) is 3.93. The van der Waals surface area contributed by atoms with Crippen molar-refractivity contribution in [3.63, 3.8) is 0 Å². The maximum absolute atomic E-state index is 6.16. The Kier molecular flexibility index (Phi) is 8.16. The van der Waals surface area contributed by atoms with E-state index in [1.54, 1.807) is 0 Å². The largest absolute Gasteiger partial charge is 0.370 e. The van der Waals surface area contributed by atoms with Gasteiger partial charge >= 0.3 is 0 Å². The highest BCUT2D eigenvalue weighted by molar-refractivity contribution is 14.0. The summed E-state index contributed by atoms with van der Waals surface area (Å²) in [5.74, 6) is 1.10. The number of nitrogens with one attached hydrogen (secondary N) is 1. The first kappa shape index (κ1) is 21.4. The average molecular weight is 471 g/mol. The van der Waals surface area contributed by atoms with E-state index in [0.717, 1.165) is 38.4 Å². The fraction of sp³-hybridized carbons (Fsp3) is 0.650. The van der Waals surface area contributed by atoms with E-state index in [0.29, 0.717) is 17.9 Å².